The minimum atomic E-state index is 0.158. The number of rotatable bonds is 16. The fraction of sp³-hybridized carbons (Fsp3) is 0.615. The highest BCUT2D eigenvalue weighted by molar-refractivity contribution is 5.95. The van der Waals surface area contributed by atoms with Gasteiger partial charge in [-0.15, -0.1) is 0 Å². The number of carbonyl (C=O) groups excluding carboxylic acids is 2. The fourth-order valence-corrected chi connectivity index (χ4v) is 3.97. The van der Waals surface area contributed by atoms with Gasteiger partial charge in [0, 0.05) is 30.1 Å². The summed E-state index contributed by atoms with van der Waals surface area (Å²) in [6.45, 7) is 6.51. The maximum Gasteiger partial charge on any atom is 0.179 e. The van der Waals surface area contributed by atoms with E-state index in [0.717, 1.165) is 62.8 Å². The summed E-state index contributed by atoms with van der Waals surface area (Å²) < 4.78 is 0. The minimum absolute atomic E-state index is 0.158. The van der Waals surface area contributed by atoms with Crippen molar-refractivity contribution in [1.29, 1.82) is 0 Å². The number of aromatic amines is 2. The van der Waals surface area contributed by atoms with Gasteiger partial charge in [-0.1, -0.05) is 65.7 Å². The molecule has 0 aromatic carbocycles. The predicted octanol–water partition coefficient (Wildman–Crippen LogP) is 7.58. The number of aromatic nitrogens is 2. The zero-order valence-corrected chi connectivity index (χ0v) is 19.2. The van der Waals surface area contributed by atoms with Gasteiger partial charge in [-0.3, -0.25) is 9.59 Å². The smallest absolute Gasteiger partial charge is 0.179 e. The lowest BCUT2D eigenvalue weighted by atomic mass is 9.95. The summed E-state index contributed by atoms with van der Waals surface area (Å²) in [5.74, 6) is 0.548. The van der Waals surface area contributed by atoms with Crippen molar-refractivity contribution in [3.05, 3.63) is 47.0 Å². The van der Waals surface area contributed by atoms with Gasteiger partial charge in [0.25, 0.3) is 0 Å². The summed E-state index contributed by atoms with van der Waals surface area (Å²) in [6.07, 6.45) is 12.0. The second kappa shape index (κ2) is 13.3. The SMILES string of the molecule is CCCCCC(=O)c1ccc(C(CCCCC)c2ccc(C(=O)CCCCC)[nH]2)[nH]1. The predicted molar refractivity (Wildman–Crippen MR) is 125 cm³/mol. The van der Waals surface area contributed by atoms with Crippen LogP contribution in [-0.2, 0) is 0 Å². The molecule has 166 valence electrons. The number of carbonyl (C=O) groups is 2. The molecular weight excluding hydrogens is 372 g/mol. The van der Waals surface area contributed by atoms with Crippen molar-refractivity contribution in [2.45, 2.75) is 104 Å². The Morgan fingerprint density at radius 3 is 1.53 bits per heavy atom. The number of H-pyrrole nitrogens is 2. The lowest BCUT2D eigenvalue weighted by Crippen LogP contribution is -2.06. The average molecular weight is 413 g/mol. The summed E-state index contributed by atoms with van der Waals surface area (Å²) in [5, 5.41) is 0. The first-order valence-electron chi connectivity index (χ1n) is 12.0. The van der Waals surface area contributed by atoms with Crippen molar-refractivity contribution in [1.82, 2.24) is 9.97 Å². The average Bonchev–Trinajstić information content (AvgIpc) is 3.42. The van der Waals surface area contributed by atoms with Crippen molar-refractivity contribution >= 4 is 11.6 Å². The zero-order valence-electron chi connectivity index (χ0n) is 19.2. The van der Waals surface area contributed by atoms with Crippen molar-refractivity contribution in [2.24, 2.45) is 0 Å². The van der Waals surface area contributed by atoms with Crippen LogP contribution < -0.4 is 0 Å². The number of hydrogen-bond acceptors (Lipinski definition) is 2. The highest BCUT2D eigenvalue weighted by atomic mass is 16.1. The standard InChI is InChI=1S/C26H40N2O2/c1-4-7-10-13-20(21-16-18-23(27-21)25(29)14-11-8-5-2)22-17-19-24(28-22)26(30)15-12-9-6-3/h16-20,27-28H,4-15H2,1-3H3. The van der Waals surface area contributed by atoms with Crippen LogP contribution in [-0.4, -0.2) is 21.5 Å². The van der Waals surface area contributed by atoms with Gasteiger partial charge >= 0.3 is 0 Å². The number of unbranched alkanes of at least 4 members (excludes halogenated alkanes) is 6. The molecule has 2 N–H and O–H groups in total. The third kappa shape index (κ3) is 7.30. The van der Waals surface area contributed by atoms with Crippen LogP contribution in [0.5, 0.6) is 0 Å². The molecule has 0 amide bonds. The molecule has 4 heteroatoms. The lowest BCUT2D eigenvalue weighted by Gasteiger charge is -2.15. The molecule has 0 aliphatic heterocycles. The van der Waals surface area contributed by atoms with E-state index in [0.29, 0.717) is 24.2 Å². The fourth-order valence-electron chi connectivity index (χ4n) is 3.97. The number of ketones is 2. The van der Waals surface area contributed by atoms with Crippen LogP contribution in [0.15, 0.2) is 24.3 Å². The summed E-state index contributed by atoms with van der Waals surface area (Å²) in [5.41, 5.74) is 3.56. The molecule has 2 heterocycles. The molecule has 2 rings (SSSR count). The van der Waals surface area contributed by atoms with E-state index < -0.39 is 0 Å². The zero-order chi connectivity index (χ0) is 21.8. The molecule has 0 unspecified atom stereocenters. The van der Waals surface area contributed by atoms with E-state index in [4.69, 9.17) is 0 Å². The maximum absolute atomic E-state index is 12.5. The second-order valence-corrected chi connectivity index (χ2v) is 8.46. The van der Waals surface area contributed by atoms with Gasteiger partial charge in [-0.05, 0) is 43.5 Å². The minimum Gasteiger partial charge on any atom is -0.355 e. The first kappa shape index (κ1) is 24.2. The van der Waals surface area contributed by atoms with Crippen molar-refractivity contribution < 1.29 is 9.59 Å². The Morgan fingerprint density at radius 2 is 1.10 bits per heavy atom. The Bertz CT molecular complexity index is 711. The number of nitrogens with one attached hydrogen (secondary N) is 2. The molecule has 0 atom stereocenters. The molecule has 0 fully saturated rings. The third-order valence-corrected chi connectivity index (χ3v) is 5.88. The van der Waals surface area contributed by atoms with E-state index in [-0.39, 0.29) is 17.5 Å². The summed E-state index contributed by atoms with van der Waals surface area (Å²) in [4.78, 5) is 31.8. The molecule has 0 saturated carbocycles. The Labute approximate surface area is 182 Å². The topological polar surface area (TPSA) is 65.7 Å². The van der Waals surface area contributed by atoms with Gasteiger partial charge in [-0.2, -0.15) is 0 Å². The first-order valence-corrected chi connectivity index (χ1v) is 12.0. The normalized spacial score (nSPS) is 11.3. The molecule has 0 bridgehead atoms. The van der Waals surface area contributed by atoms with Gasteiger partial charge < -0.3 is 9.97 Å². The molecule has 0 spiro atoms. The van der Waals surface area contributed by atoms with Crippen molar-refractivity contribution in [3.8, 4) is 0 Å². The van der Waals surface area contributed by atoms with E-state index in [2.05, 4.69) is 30.7 Å². The molecule has 0 saturated heterocycles. The molecule has 0 aliphatic carbocycles. The van der Waals surface area contributed by atoms with Gasteiger partial charge in [0.1, 0.15) is 0 Å². The van der Waals surface area contributed by atoms with Crippen LogP contribution in [0.3, 0.4) is 0 Å². The van der Waals surface area contributed by atoms with Crippen LogP contribution >= 0.6 is 0 Å². The highest BCUT2D eigenvalue weighted by Crippen LogP contribution is 2.30. The van der Waals surface area contributed by atoms with E-state index >= 15 is 0 Å². The number of Topliss-reactive ketones (excluding diaryl/α,β-unsaturated/α-hetero) is 2. The van der Waals surface area contributed by atoms with E-state index in [1.165, 1.54) is 12.8 Å². The largest absolute Gasteiger partial charge is 0.355 e. The van der Waals surface area contributed by atoms with Crippen LogP contribution in [0.1, 0.15) is 136 Å². The highest BCUT2D eigenvalue weighted by Gasteiger charge is 2.20. The molecule has 2 aromatic rings. The quantitative estimate of drug-likeness (QED) is 0.220. The van der Waals surface area contributed by atoms with Gasteiger partial charge in [0.2, 0.25) is 0 Å². The first-order chi connectivity index (χ1) is 14.6. The monoisotopic (exact) mass is 412 g/mol. The molecule has 0 radical (unpaired) electrons. The van der Waals surface area contributed by atoms with Crippen LogP contribution in [0.4, 0.5) is 0 Å². The Hall–Kier alpha value is -2.10. The van der Waals surface area contributed by atoms with Gasteiger partial charge in [0.15, 0.2) is 11.6 Å². The Balaban J connectivity index is 2.13. The van der Waals surface area contributed by atoms with Crippen LogP contribution in [0, 0.1) is 0 Å². The summed E-state index contributed by atoms with van der Waals surface area (Å²) >= 11 is 0. The van der Waals surface area contributed by atoms with Crippen molar-refractivity contribution in [2.75, 3.05) is 0 Å². The second-order valence-electron chi connectivity index (χ2n) is 8.46. The van der Waals surface area contributed by atoms with Crippen molar-refractivity contribution in [3.63, 3.8) is 0 Å². The van der Waals surface area contributed by atoms with Gasteiger partial charge in [-0.25, -0.2) is 0 Å². The van der Waals surface area contributed by atoms with E-state index in [1.807, 2.05) is 24.3 Å². The lowest BCUT2D eigenvalue weighted by molar-refractivity contribution is 0.0967. The maximum atomic E-state index is 12.5. The Kier molecular flexibility index (Phi) is 10.7. The van der Waals surface area contributed by atoms with E-state index in [1.54, 1.807) is 0 Å². The van der Waals surface area contributed by atoms with Gasteiger partial charge in [0.05, 0.1) is 11.4 Å². The Morgan fingerprint density at radius 1 is 0.667 bits per heavy atom. The molecule has 30 heavy (non-hydrogen) atoms. The molecule has 4 nitrogen and oxygen atoms in total. The molecule has 0 aliphatic rings. The summed E-state index contributed by atoms with van der Waals surface area (Å²) in [7, 11) is 0. The van der Waals surface area contributed by atoms with E-state index in [9.17, 15) is 9.59 Å². The molecular formula is C26H40N2O2. The third-order valence-electron chi connectivity index (χ3n) is 5.88. The molecule has 2 aromatic heterocycles. The van der Waals surface area contributed by atoms with Crippen LogP contribution in [0.25, 0.3) is 0 Å². The van der Waals surface area contributed by atoms with Crippen LogP contribution in [0.2, 0.25) is 0 Å². The number of hydrogen-bond donors (Lipinski definition) is 2. The summed E-state index contributed by atoms with van der Waals surface area (Å²) in [6, 6.07) is 7.95.